The van der Waals surface area contributed by atoms with E-state index in [9.17, 15) is 9.59 Å². The minimum absolute atomic E-state index is 0.0629. The zero-order valence-corrected chi connectivity index (χ0v) is 15.6. The van der Waals surface area contributed by atoms with Crippen molar-refractivity contribution in [1.29, 1.82) is 0 Å². The molecule has 1 aliphatic rings. The fourth-order valence-electron chi connectivity index (χ4n) is 2.74. The number of nitrogens with one attached hydrogen (secondary N) is 1. The lowest BCUT2D eigenvalue weighted by atomic mass is 10.1. The van der Waals surface area contributed by atoms with Crippen LogP contribution in [-0.2, 0) is 4.79 Å². The maximum atomic E-state index is 12.4. The lowest BCUT2D eigenvalue weighted by Crippen LogP contribution is -2.40. The minimum atomic E-state index is -0.271. The number of ether oxygens (including phenoxy) is 3. The molecule has 1 aliphatic heterocycles. The van der Waals surface area contributed by atoms with E-state index in [0.717, 1.165) is 0 Å². The summed E-state index contributed by atoms with van der Waals surface area (Å²) in [6, 6.07) is 12.2. The third-order valence-corrected chi connectivity index (χ3v) is 4.37. The van der Waals surface area contributed by atoms with E-state index >= 15 is 0 Å². The van der Waals surface area contributed by atoms with E-state index in [2.05, 4.69) is 5.32 Å². The summed E-state index contributed by atoms with van der Waals surface area (Å²) in [6.07, 6.45) is -0.140. The van der Waals surface area contributed by atoms with E-state index in [1.807, 2.05) is 24.3 Å². The fraction of sp³-hybridized carbons (Fsp3) is 0.300. The number of amides is 1. The van der Waals surface area contributed by atoms with Gasteiger partial charge in [-0.2, -0.15) is 0 Å². The second-order valence-electron chi connectivity index (χ2n) is 6.07. The number of hydrogen-bond donors (Lipinski definition) is 1. The van der Waals surface area contributed by atoms with E-state index in [0.29, 0.717) is 41.0 Å². The average Bonchev–Trinajstić information content (AvgIpc) is 2.70. The number of Topliss-reactive ketones (excluding diaryl/α,β-unsaturated/α-hetero) is 1. The van der Waals surface area contributed by atoms with Gasteiger partial charge in [0, 0.05) is 17.9 Å². The molecule has 7 heteroatoms. The first-order valence-electron chi connectivity index (χ1n) is 8.58. The highest BCUT2D eigenvalue weighted by Crippen LogP contribution is 2.30. The molecule has 0 spiro atoms. The number of halogens is 1. The van der Waals surface area contributed by atoms with Crippen molar-refractivity contribution in [2.24, 2.45) is 0 Å². The molecule has 142 valence electrons. The number of rotatable bonds is 7. The largest absolute Gasteiger partial charge is 0.496 e. The molecule has 1 N–H and O–H groups in total. The first-order valence-corrected chi connectivity index (χ1v) is 8.96. The van der Waals surface area contributed by atoms with Gasteiger partial charge < -0.3 is 19.5 Å². The molecule has 1 unspecified atom stereocenters. The Morgan fingerprint density at radius 3 is 2.74 bits per heavy atom. The van der Waals surface area contributed by atoms with Gasteiger partial charge in [-0.1, -0.05) is 23.7 Å². The number of carbonyl (C=O) groups is 2. The number of hydrogen-bond acceptors (Lipinski definition) is 5. The van der Waals surface area contributed by atoms with Crippen molar-refractivity contribution in [1.82, 2.24) is 5.32 Å². The SMILES string of the molecule is COc1ccc(Cl)cc1C(=O)CCC(=O)NCC1COc2ccccc2O1. The van der Waals surface area contributed by atoms with Crippen molar-refractivity contribution in [2.75, 3.05) is 20.3 Å². The molecule has 0 saturated heterocycles. The Kier molecular flexibility index (Phi) is 6.19. The van der Waals surface area contributed by atoms with Crippen molar-refractivity contribution >= 4 is 23.3 Å². The van der Waals surface area contributed by atoms with E-state index in [1.54, 1.807) is 18.2 Å². The lowest BCUT2D eigenvalue weighted by Gasteiger charge is -2.26. The molecule has 6 nitrogen and oxygen atoms in total. The van der Waals surface area contributed by atoms with Gasteiger partial charge in [0.05, 0.1) is 19.2 Å². The molecule has 2 aromatic carbocycles. The smallest absolute Gasteiger partial charge is 0.220 e. The first-order chi connectivity index (χ1) is 13.1. The summed E-state index contributed by atoms with van der Waals surface area (Å²) in [6.45, 7) is 0.664. The molecular formula is C20H20ClNO5. The van der Waals surface area contributed by atoms with Crippen LogP contribution in [-0.4, -0.2) is 38.1 Å². The van der Waals surface area contributed by atoms with Crippen LogP contribution in [0, 0.1) is 0 Å². The van der Waals surface area contributed by atoms with Crippen LogP contribution in [0.1, 0.15) is 23.2 Å². The van der Waals surface area contributed by atoms with Crippen molar-refractivity contribution in [3.8, 4) is 17.2 Å². The Labute approximate surface area is 162 Å². The Balaban J connectivity index is 1.46. The Morgan fingerprint density at radius 1 is 1.19 bits per heavy atom. The normalized spacial score (nSPS) is 15.1. The second kappa shape index (κ2) is 8.77. The fourth-order valence-corrected chi connectivity index (χ4v) is 2.91. The number of fused-ring (bicyclic) bond motifs is 1. The Hall–Kier alpha value is -2.73. The summed E-state index contributed by atoms with van der Waals surface area (Å²) in [5.41, 5.74) is 0.374. The van der Waals surface area contributed by atoms with Crippen LogP contribution in [0.3, 0.4) is 0 Å². The van der Waals surface area contributed by atoms with Gasteiger partial charge in [-0.15, -0.1) is 0 Å². The molecule has 1 heterocycles. The standard InChI is InChI=1S/C20H20ClNO5/c1-25-17-8-6-13(21)10-15(17)16(23)7-9-20(24)22-11-14-12-26-18-4-2-3-5-19(18)27-14/h2-6,8,10,14H,7,9,11-12H2,1H3,(H,22,24). The highest BCUT2D eigenvalue weighted by Gasteiger charge is 2.21. The minimum Gasteiger partial charge on any atom is -0.496 e. The lowest BCUT2D eigenvalue weighted by molar-refractivity contribution is -0.121. The third-order valence-electron chi connectivity index (χ3n) is 4.14. The van der Waals surface area contributed by atoms with Crippen LogP contribution >= 0.6 is 11.6 Å². The van der Waals surface area contributed by atoms with Gasteiger partial charge in [0.25, 0.3) is 0 Å². The second-order valence-corrected chi connectivity index (χ2v) is 6.51. The van der Waals surface area contributed by atoms with E-state index in [4.69, 9.17) is 25.8 Å². The highest BCUT2D eigenvalue weighted by molar-refractivity contribution is 6.31. The van der Waals surface area contributed by atoms with Crippen LogP contribution in [0.2, 0.25) is 5.02 Å². The summed E-state index contributed by atoms with van der Waals surface area (Å²) >= 11 is 5.94. The van der Waals surface area contributed by atoms with Crippen LogP contribution in [0.5, 0.6) is 17.2 Å². The molecule has 0 bridgehead atoms. The first kappa shape index (κ1) is 19.0. The van der Waals surface area contributed by atoms with Crippen LogP contribution in [0.25, 0.3) is 0 Å². The zero-order chi connectivity index (χ0) is 19.2. The van der Waals surface area contributed by atoms with Crippen molar-refractivity contribution < 1.29 is 23.8 Å². The van der Waals surface area contributed by atoms with Crippen LogP contribution in [0.4, 0.5) is 0 Å². The van der Waals surface area contributed by atoms with Gasteiger partial charge in [0.2, 0.25) is 5.91 Å². The summed E-state index contributed by atoms with van der Waals surface area (Å²) < 4.78 is 16.6. The number of methoxy groups -OCH3 is 1. The molecule has 1 amide bonds. The number of ketones is 1. The quantitative estimate of drug-likeness (QED) is 0.736. The van der Waals surface area contributed by atoms with Crippen molar-refractivity contribution in [3.05, 3.63) is 53.1 Å². The van der Waals surface area contributed by atoms with Crippen molar-refractivity contribution in [3.63, 3.8) is 0 Å². The zero-order valence-electron chi connectivity index (χ0n) is 14.9. The topological polar surface area (TPSA) is 73.9 Å². The van der Waals surface area contributed by atoms with Gasteiger partial charge in [-0.25, -0.2) is 0 Å². The molecule has 0 radical (unpaired) electrons. The highest BCUT2D eigenvalue weighted by atomic mass is 35.5. The van der Waals surface area contributed by atoms with Gasteiger partial charge in [0.15, 0.2) is 17.3 Å². The Morgan fingerprint density at radius 2 is 1.96 bits per heavy atom. The molecular weight excluding hydrogens is 370 g/mol. The van der Waals surface area contributed by atoms with E-state index in [-0.39, 0.29) is 30.6 Å². The summed E-state index contributed by atoms with van der Waals surface area (Å²) in [7, 11) is 1.48. The number of benzene rings is 2. The van der Waals surface area contributed by atoms with Gasteiger partial charge in [0.1, 0.15) is 18.5 Å². The average molecular weight is 390 g/mol. The predicted octanol–water partition coefficient (Wildman–Crippen LogP) is 3.27. The van der Waals surface area contributed by atoms with Crippen molar-refractivity contribution in [2.45, 2.75) is 18.9 Å². The van der Waals surface area contributed by atoms with E-state index in [1.165, 1.54) is 7.11 Å². The van der Waals surface area contributed by atoms with E-state index < -0.39 is 0 Å². The van der Waals surface area contributed by atoms with Crippen LogP contribution < -0.4 is 19.5 Å². The number of para-hydroxylation sites is 2. The monoisotopic (exact) mass is 389 g/mol. The molecule has 0 fully saturated rings. The van der Waals surface area contributed by atoms with Gasteiger partial charge in [-0.3, -0.25) is 9.59 Å². The van der Waals surface area contributed by atoms with Crippen LogP contribution in [0.15, 0.2) is 42.5 Å². The third kappa shape index (κ3) is 4.92. The molecule has 0 aromatic heterocycles. The molecule has 3 rings (SSSR count). The van der Waals surface area contributed by atoms with Gasteiger partial charge >= 0.3 is 0 Å². The summed E-state index contributed by atoms with van der Waals surface area (Å²) in [5.74, 6) is 1.37. The molecule has 0 aliphatic carbocycles. The maximum Gasteiger partial charge on any atom is 0.220 e. The van der Waals surface area contributed by atoms with Gasteiger partial charge in [-0.05, 0) is 30.3 Å². The molecule has 2 aromatic rings. The maximum absolute atomic E-state index is 12.4. The molecule has 27 heavy (non-hydrogen) atoms. The summed E-state index contributed by atoms with van der Waals surface area (Å²) in [4.78, 5) is 24.4. The summed E-state index contributed by atoms with van der Waals surface area (Å²) in [5, 5.41) is 3.22. The molecule has 0 saturated carbocycles. The predicted molar refractivity (Wildman–Crippen MR) is 101 cm³/mol. The number of carbonyl (C=O) groups excluding carboxylic acids is 2. The molecule has 1 atom stereocenters. The Bertz CT molecular complexity index is 839.